The zero-order valence-corrected chi connectivity index (χ0v) is 27.5. The van der Waals surface area contributed by atoms with Crippen LogP contribution in [0.25, 0.3) is 0 Å². The first-order valence-corrected chi connectivity index (χ1v) is 16.9. The Bertz CT molecular complexity index is 1260. The van der Waals surface area contributed by atoms with Gasteiger partial charge in [0.15, 0.2) is 0 Å². The van der Waals surface area contributed by atoms with Gasteiger partial charge in [-0.15, -0.1) is 0 Å². The molecule has 0 bridgehead atoms. The van der Waals surface area contributed by atoms with Crippen molar-refractivity contribution in [3.63, 3.8) is 0 Å². The molecule has 2 nitrogen and oxygen atoms in total. The molecule has 3 aromatic rings. The van der Waals surface area contributed by atoms with E-state index in [0.717, 1.165) is 19.4 Å². The Morgan fingerprint density at radius 2 is 1.26 bits per heavy atom. The fourth-order valence-electron chi connectivity index (χ4n) is 5.80. The van der Waals surface area contributed by atoms with Gasteiger partial charge in [-0.1, -0.05) is 138 Å². The third-order valence-electron chi connectivity index (χ3n) is 8.40. The maximum absolute atomic E-state index is 4.02. The highest BCUT2D eigenvalue weighted by atomic mass is 32.2. The summed E-state index contributed by atoms with van der Waals surface area (Å²) in [7, 11) is 0. The lowest BCUT2D eigenvalue weighted by atomic mass is 9.89. The van der Waals surface area contributed by atoms with Gasteiger partial charge in [-0.2, -0.15) is 0 Å². The van der Waals surface area contributed by atoms with Crippen LogP contribution < -0.4 is 10.0 Å². The normalized spacial score (nSPS) is 14.9. The summed E-state index contributed by atoms with van der Waals surface area (Å²) in [5, 5.41) is 4.00. The van der Waals surface area contributed by atoms with Crippen molar-refractivity contribution in [2.75, 3.05) is 6.54 Å². The minimum atomic E-state index is 0.106. The molecule has 3 aromatic carbocycles. The molecule has 42 heavy (non-hydrogen) atoms. The van der Waals surface area contributed by atoms with E-state index in [1.54, 1.807) is 5.57 Å². The first kappa shape index (κ1) is 32.3. The molecule has 0 unspecified atom stereocenters. The molecular weight excluding hydrogens is 529 g/mol. The Balaban J connectivity index is 1.60. The second-order valence-corrected chi connectivity index (χ2v) is 13.5. The van der Waals surface area contributed by atoms with Crippen molar-refractivity contribution in [1.29, 1.82) is 0 Å². The number of hydrogen-bond donors (Lipinski definition) is 2. The molecule has 2 atom stereocenters. The average Bonchev–Trinajstić information content (AvgIpc) is 3.00. The Hall–Kier alpha value is -2.59. The lowest BCUT2D eigenvalue weighted by Gasteiger charge is -2.31. The zero-order valence-electron chi connectivity index (χ0n) is 26.7. The quantitative estimate of drug-likeness (QED) is 0.106. The predicted molar refractivity (Wildman–Crippen MR) is 184 cm³/mol. The van der Waals surface area contributed by atoms with E-state index in [1.165, 1.54) is 52.0 Å². The highest BCUT2D eigenvalue weighted by Gasteiger charge is 2.26. The van der Waals surface area contributed by atoms with Crippen LogP contribution in [0.15, 0.2) is 101 Å². The smallest absolute Gasteiger partial charge is 0.0619 e. The van der Waals surface area contributed by atoms with E-state index in [-0.39, 0.29) is 12.1 Å². The summed E-state index contributed by atoms with van der Waals surface area (Å²) in [4.78, 5) is 1.40. The second-order valence-electron chi connectivity index (χ2n) is 12.7. The Labute approximate surface area is 260 Å². The Morgan fingerprint density at radius 1 is 0.667 bits per heavy atom. The van der Waals surface area contributed by atoms with Crippen LogP contribution in [0.4, 0.5) is 0 Å². The predicted octanol–water partition coefficient (Wildman–Crippen LogP) is 11.2. The first-order valence-electron chi connectivity index (χ1n) is 16.1. The molecule has 0 radical (unpaired) electrons. The summed E-state index contributed by atoms with van der Waals surface area (Å²) in [5.41, 5.74) is 8.57. The van der Waals surface area contributed by atoms with Gasteiger partial charge in [0.1, 0.15) is 0 Å². The van der Waals surface area contributed by atoms with Crippen LogP contribution in [0.5, 0.6) is 0 Å². The number of benzene rings is 3. The molecule has 0 aromatic heterocycles. The van der Waals surface area contributed by atoms with Crippen LogP contribution in [0, 0.1) is 0 Å². The van der Waals surface area contributed by atoms with Crippen molar-refractivity contribution in [3.8, 4) is 0 Å². The first-order chi connectivity index (χ1) is 20.3. The minimum absolute atomic E-state index is 0.106. The molecule has 0 spiro atoms. The van der Waals surface area contributed by atoms with Gasteiger partial charge in [-0.25, -0.2) is 0 Å². The van der Waals surface area contributed by atoms with Crippen LogP contribution in [0.1, 0.15) is 131 Å². The van der Waals surface area contributed by atoms with Crippen LogP contribution in [-0.2, 0) is 0 Å². The van der Waals surface area contributed by atoms with E-state index >= 15 is 0 Å². The van der Waals surface area contributed by atoms with E-state index in [2.05, 4.69) is 143 Å². The maximum atomic E-state index is 4.02. The third kappa shape index (κ3) is 8.96. The van der Waals surface area contributed by atoms with E-state index in [4.69, 9.17) is 0 Å². The third-order valence-corrected chi connectivity index (χ3v) is 9.44. The number of rotatable bonds is 15. The van der Waals surface area contributed by atoms with Gasteiger partial charge in [0.25, 0.3) is 0 Å². The van der Waals surface area contributed by atoms with Gasteiger partial charge in [0, 0.05) is 4.90 Å². The summed E-state index contributed by atoms with van der Waals surface area (Å²) in [5.74, 6) is 1.43. The topological polar surface area (TPSA) is 24.1 Å². The number of hydrogen-bond acceptors (Lipinski definition) is 3. The van der Waals surface area contributed by atoms with Crippen LogP contribution in [-0.4, -0.2) is 6.54 Å². The molecule has 2 N–H and O–H groups in total. The highest BCUT2D eigenvalue weighted by molar-refractivity contribution is 7.97. The SMILES string of the molecule is CC(C)c1cc(C(C)C)c(SN[C@@H](c2ccccc2)[C@@H](NCCCCC2=CCC=CC2)c2ccccc2)c(C(C)C)c1. The van der Waals surface area contributed by atoms with Gasteiger partial charge < -0.3 is 5.32 Å². The summed E-state index contributed by atoms with van der Waals surface area (Å²) in [6, 6.07) is 27.2. The standard InChI is InChI=1S/C39H52N2S/c1-28(2)34-26-35(29(3)4)39(36(27-34)30(5)6)42-41-38(33-23-14-9-15-24-33)37(32-21-12-8-13-22-32)40-25-17-16-20-31-18-10-7-11-19-31/h7-10,12-15,19,21-24,26-30,37-38,40-41H,11,16-18,20,25H2,1-6H3/t37-,38-/m0/s1. The van der Waals surface area contributed by atoms with E-state index in [1.807, 2.05) is 11.9 Å². The Kier molecular flexibility index (Phi) is 12.6. The van der Waals surface area contributed by atoms with Crippen LogP contribution in [0.2, 0.25) is 0 Å². The van der Waals surface area contributed by atoms with Gasteiger partial charge in [0.05, 0.1) is 12.1 Å². The molecule has 0 fully saturated rings. The van der Waals surface area contributed by atoms with Gasteiger partial charge >= 0.3 is 0 Å². The second kappa shape index (κ2) is 16.3. The molecular formula is C39H52N2S. The fourth-order valence-corrected chi connectivity index (χ4v) is 7.14. The van der Waals surface area contributed by atoms with E-state index < -0.39 is 0 Å². The summed E-state index contributed by atoms with van der Waals surface area (Å²) < 4.78 is 4.02. The monoisotopic (exact) mass is 580 g/mol. The lowest BCUT2D eigenvalue weighted by molar-refractivity contribution is 0.428. The number of nitrogens with one attached hydrogen (secondary N) is 2. The largest absolute Gasteiger partial charge is 0.308 e. The molecule has 0 saturated carbocycles. The van der Waals surface area contributed by atoms with Crippen molar-refractivity contribution in [2.45, 2.75) is 108 Å². The summed E-state index contributed by atoms with van der Waals surface area (Å²) >= 11 is 1.84. The highest BCUT2D eigenvalue weighted by Crippen LogP contribution is 2.40. The van der Waals surface area contributed by atoms with Gasteiger partial charge in [0.2, 0.25) is 0 Å². The van der Waals surface area contributed by atoms with Crippen molar-refractivity contribution in [1.82, 2.24) is 10.0 Å². The van der Waals surface area contributed by atoms with Crippen molar-refractivity contribution >= 4 is 11.9 Å². The van der Waals surface area contributed by atoms with Gasteiger partial charge in [-0.05, 0) is 96.2 Å². The molecule has 0 amide bonds. The average molecular weight is 581 g/mol. The summed E-state index contributed by atoms with van der Waals surface area (Å²) in [6.07, 6.45) is 12.8. The van der Waals surface area contributed by atoms with Gasteiger partial charge in [-0.3, -0.25) is 4.72 Å². The molecule has 0 heterocycles. The molecule has 3 heteroatoms. The lowest BCUT2D eigenvalue weighted by Crippen LogP contribution is -2.33. The van der Waals surface area contributed by atoms with E-state index in [0.29, 0.717) is 17.8 Å². The molecule has 224 valence electrons. The van der Waals surface area contributed by atoms with Crippen LogP contribution >= 0.6 is 11.9 Å². The van der Waals surface area contributed by atoms with Crippen molar-refractivity contribution in [3.05, 3.63) is 124 Å². The number of unbranched alkanes of at least 4 members (excludes halogenated alkanes) is 1. The van der Waals surface area contributed by atoms with Crippen molar-refractivity contribution in [2.24, 2.45) is 0 Å². The molecule has 0 saturated heterocycles. The minimum Gasteiger partial charge on any atom is -0.308 e. The Morgan fingerprint density at radius 3 is 1.79 bits per heavy atom. The van der Waals surface area contributed by atoms with E-state index in [9.17, 15) is 0 Å². The molecule has 4 rings (SSSR count). The fraction of sp³-hybridized carbons (Fsp3) is 0.436. The zero-order chi connectivity index (χ0) is 29.9. The number of allylic oxidation sites excluding steroid dienone is 4. The molecule has 0 aliphatic heterocycles. The summed E-state index contributed by atoms with van der Waals surface area (Å²) in [6.45, 7) is 14.9. The molecule has 1 aliphatic carbocycles. The molecule has 1 aliphatic rings. The van der Waals surface area contributed by atoms with Crippen molar-refractivity contribution < 1.29 is 0 Å². The maximum Gasteiger partial charge on any atom is 0.0619 e. The van der Waals surface area contributed by atoms with Crippen LogP contribution in [0.3, 0.4) is 0 Å².